The highest BCUT2D eigenvalue weighted by molar-refractivity contribution is 5.82. The SMILES string of the molecule is CC(=O)NCCCCC(N[13CH3])C(=O)[15NH][13CH2]CC(=O)O.[13CH4]. The van der Waals surface area contributed by atoms with E-state index in [1.165, 1.54) is 6.92 Å². The summed E-state index contributed by atoms with van der Waals surface area (Å²) in [5.74, 6) is -1.18. The first-order valence-corrected chi connectivity index (χ1v) is 6.38. The smallest absolute Gasteiger partial charge is 0.305 e. The highest BCUT2D eigenvalue weighted by atomic mass is 16.4. The molecule has 118 valence electrons. The van der Waals surface area contributed by atoms with Gasteiger partial charge >= 0.3 is 5.97 Å². The van der Waals surface area contributed by atoms with Gasteiger partial charge in [-0.15, -0.1) is 0 Å². The molecular weight excluding hydrogens is 266 g/mol. The average molecular weight is 293 g/mol. The molecular formula is C13H27N3O4. The number of hydrogen-bond acceptors (Lipinski definition) is 4. The van der Waals surface area contributed by atoms with Gasteiger partial charge in [0.25, 0.3) is 0 Å². The molecule has 0 saturated heterocycles. The number of aliphatic carboxylic acids is 1. The summed E-state index contributed by atoms with van der Waals surface area (Å²) in [4.78, 5) is 32.7. The lowest BCUT2D eigenvalue weighted by Gasteiger charge is -2.15. The van der Waals surface area contributed by atoms with E-state index in [0.717, 1.165) is 12.8 Å². The topological polar surface area (TPSA) is 108 Å². The number of carbonyl (C=O) groups is 3. The Bertz CT molecular complexity index is 308. The van der Waals surface area contributed by atoms with E-state index in [9.17, 15) is 14.4 Å². The van der Waals surface area contributed by atoms with Crippen molar-refractivity contribution >= 4 is 17.8 Å². The van der Waals surface area contributed by atoms with Crippen molar-refractivity contribution in [2.45, 2.75) is 46.1 Å². The number of hydrogen-bond donors (Lipinski definition) is 4. The molecule has 1 unspecified atom stereocenters. The third-order valence-electron chi connectivity index (χ3n) is 2.60. The van der Waals surface area contributed by atoms with Crippen LogP contribution in [0, 0.1) is 0 Å². The summed E-state index contributed by atoms with van der Waals surface area (Å²) in [6.07, 6.45) is 2.18. The Labute approximate surface area is 120 Å². The van der Waals surface area contributed by atoms with Gasteiger partial charge in [-0.1, -0.05) is 7.43 Å². The minimum atomic E-state index is -0.934. The van der Waals surface area contributed by atoms with Gasteiger partial charge in [-0.2, -0.15) is 0 Å². The molecule has 7 nitrogen and oxygen atoms in total. The van der Waals surface area contributed by atoms with Gasteiger partial charge in [0.2, 0.25) is 11.8 Å². The molecule has 4 N–H and O–H groups in total. The standard InChI is InChI=1S/C12H23N3O4.CH4/c1-9(16)14-7-4-3-5-10(13-2)12(19)15-8-6-11(17)18;/h10,13H,3-8H2,1-2H3,(H,14,16)(H,15,19)(H,17,18);1H4/i2+1,8+1,15+1;1+1. The van der Waals surface area contributed by atoms with Crippen molar-refractivity contribution in [2.24, 2.45) is 0 Å². The molecule has 0 heterocycles. The zero-order valence-electron chi connectivity index (χ0n) is 11.5. The molecule has 7 heteroatoms. The third kappa shape index (κ3) is 11.5. The minimum Gasteiger partial charge on any atom is -0.481 e. The quantitative estimate of drug-likeness (QED) is 0.260. The lowest BCUT2D eigenvalue weighted by atomic mass is 10.1. The normalized spacial score (nSPS) is 11.1. The number of unbranched alkanes of at least 4 members (excludes halogenated alkanes) is 1. The molecule has 0 saturated carbocycles. The zero-order chi connectivity index (χ0) is 14.7. The highest BCUT2D eigenvalue weighted by Crippen LogP contribution is 2.00. The van der Waals surface area contributed by atoms with Crippen LogP contribution in [-0.4, -0.2) is 49.1 Å². The zero-order valence-corrected chi connectivity index (χ0v) is 11.5. The van der Waals surface area contributed by atoms with E-state index >= 15 is 0 Å². The van der Waals surface area contributed by atoms with Gasteiger partial charge < -0.3 is 21.1 Å². The third-order valence-corrected chi connectivity index (χ3v) is 2.60. The van der Waals surface area contributed by atoms with Gasteiger partial charge in [0, 0.05) is 20.0 Å². The molecule has 0 aromatic carbocycles. The van der Waals surface area contributed by atoms with Crippen molar-refractivity contribution in [1.82, 2.24) is 16.0 Å². The number of carboxylic acids is 1. The van der Waals surface area contributed by atoms with E-state index in [-0.39, 0.29) is 38.2 Å². The Morgan fingerprint density at radius 3 is 2.25 bits per heavy atom. The molecule has 0 aliphatic rings. The maximum atomic E-state index is 11.7. The molecule has 0 bridgehead atoms. The summed E-state index contributed by atoms with van der Waals surface area (Å²) in [7, 11) is 1.69. The summed E-state index contributed by atoms with van der Waals surface area (Å²) in [6.45, 7) is 2.21. The Hall–Kier alpha value is -1.63. The molecule has 0 aromatic heterocycles. The highest BCUT2D eigenvalue weighted by Gasteiger charge is 2.15. The van der Waals surface area contributed by atoms with Crippen LogP contribution in [0.4, 0.5) is 0 Å². The Morgan fingerprint density at radius 1 is 1.10 bits per heavy atom. The molecule has 0 radical (unpaired) electrons. The fourth-order valence-corrected chi connectivity index (χ4v) is 1.56. The number of rotatable bonds is 10. The number of nitrogens with one attached hydrogen (secondary N) is 3. The summed E-state index contributed by atoms with van der Waals surface area (Å²) < 4.78 is 0. The van der Waals surface area contributed by atoms with Crippen LogP contribution in [-0.2, 0) is 14.4 Å². The van der Waals surface area contributed by atoms with Gasteiger partial charge in [0.05, 0.1) is 12.5 Å². The summed E-state index contributed by atoms with van der Waals surface area (Å²) in [5, 5.41) is 16.6. The molecule has 0 aliphatic heterocycles. The second kappa shape index (κ2) is 12.4. The summed E-state index contributed by atoms with van der Waals surface area (Å²) in [5.41, 5.74) is 0. The van der Waals surface area contributed by atoms with Crippen LogP contribution in [0.15, 0.2) is 0 Å². The van der Waals surface area contributed by atoms with Crippen LogP contribution in [0.25, 0.3) is 0 Å². The van der Waals surface area contributed by atoms with E-state index < -0.39 is 5.97 Å². The van der Waals surface area contributed by atoms with Crippen molar-refractivity contribution in [3.05, 3.63) is 0 Å². The molecule has 20 heavy (non-hydrogen) atoms. The monoisotopic (exact) mass is 293 g/mol. The van der Waals surface area contributed by atoms with Gasteiger partial charge in [-0.05, 0) is 26.3 Å². The first-order chi connectivity index (χ1) is 8.97. The second-order valence-corrected chi connectivity index (χ2v) is 4.25. The largest absolute Gasteiger partial charge is 0.481 e. The van der Waals surface area contributed by atoms with E-state index in [2.05, 4.69) is 16.0 Å². The van der Waals surface area contributed by atoms with Crippen LogP contribution in [0.2, 0.25) is 0 Å². The molecule has 1 atom stereocenters. The predicted octanol–water partition coefficient (Wildman–Crippen LogP) is 0.108. The Balaban J connectivity index is 0. The number of likely N-dealkylation sites (N-methyl/N-ethyl adjacent to an activating group) is 1. The first-order valence-electron chi connectivity index (χ1n) is 6.38. The molecule has 0 spiro atoms. The van der Waals surface area contributed by atoms with E-state index in [1.54, 1.807) is 7.05 Å². The van der Waals surface area contributed by atoms with Crippen molar-refractivity contribution in [2.75, 3.05) is 20.1 Å². The van der Waals surface area contributed by atoms with E-state index in [1.807, 2.05) is 0 Å². The van der Waals surface area contributed by atoms with Crippen LogP contribution < -0.4 is 16.0 Å². The molecule has 0 fully saturated rings. The van der Waals surface area contributed by atoms with Crippen molar-refractivity contribution in [1.29, 1.82) is 0 Å². The predicted molar refractivity (Wildman–Crippen MR) is 77.4 cm³/mol. The fourth-order valence-electron chi connectivity index (χ4n) is 1.56. The number of carbonyl (C=O) groups excluding carboxylic acids is 2. The summed E-state index contributed by atoms with van der Waals surface area (Å²) >= 11 is 0. The molecule has 0 aromatic rings. The second-order valence-electron chi connectivity index (χ2n) is 4.25. The maximum absolute atomic E-state index is 11.7. The lowest BCUT2D eigenvalue weighted by Crippen LogP contribution is -2.43. The van der Waals surface area contributed by atoms with Crippen molar-refractivity contribution < 1.29 is 19.5 Å². The van der Waals surface area contributed by atoms with E-state index in [4.69, 9.17) is 5.11 Å². The molecule has 0 aliphatic carbocycles. The van der Waals surface area contributed by atoms with Gasteiger partial charge in [-0.25, -0.2) is 0 Å². The van der Waals surface area contributed by atoms with Crippen LogP contribution in [0.3, 0.4) is 0 Å². The van der Waals surface area contributed by atoms with Gasteiger partial charge in [0.1, 0.15) is 0 Å². The van der Waals surface area contributed by atoms with Crippen LogP contribution >= 0.6 is 0 Å². The Morgan fingerprint density at radius 2 is 1.75 bits per heavy atom. The van der Waals surface area contributed by atoms with Crippen LogP contribution in [0.5, 0.6) is 0 Å². The first kappa shape index (κ1) is 20.7. The average Bonchev–Trinajstić information content (AvgIpc) is 2.32. The minimum absolute atomic E-state index is 0. The Kier molecular flexibility index (Phi) is 12.8. The summed E-state index contributed by atoms with van der Waals surface area (Å²) in [6, 6.07) is -0.328. The maximum Gasteiger partial charge on any atom is 0.305 e. The van der Waals surface area contributed by atoms with E-state index in [0.29, 0.717) is 13.0 Å². The van der Waals surface area contributed by atoms with Crippen molar-refractivity contribution in [3.8, 4) is 0 Å². The van der Waals surface area contributed by atoms with Gasteiger partial charge in [-0.3, -0.25) is 14.4 Å². The van der Waals surface area contributed by atoms with Crippen molar-refractivity contribution in [3.63, 3.8) is 0 Å². The fraction of sp³-hybridized carbons (Fsp3) is 0.769. The number of carboxylic acid groups (broad SMARTS) is 1. The number of amides is 2. The molecule has 0 rings (SSSR count). The molecule has 2 amide bonds. The van der Waals surface area contributed by atoms with Crippen LogP contribution in [0.1, 0.15) is 40.0 Å². The lowest BCUT2D eigenvalue weighted by molar-refractivity contribution is -0.137. The van der Waals surface area contributed by atoms with Gasteiger partial charge in [0.15, 0.2) is 0 Å².